The molecule has 0 bridgehead atoms. The number of rotatable bonds is 4. The number of hydrogen-bond acceptors (Lipinski definition) is 5. The summed E-state index contributed by atoms with van der Waals surface area (Å²) in [5, 5.41) is 14.7. The van der Waals surface area contributed by atoms with Crippen LogP contribution in [0.25, 0.3) is 10.9 Å². The molecule has 2 heterocycles. The van der Waals surface area contributed by atoms with Gasteiger partial charge < -0.3 is 10.6 Å². The van der Waals surface area contributed by atoms with Gasteiger partial charge in [-0.1, -0.05) is 0 Å². The number of halogens is 1. The first-order valence-corrected chi connectivity index (χ1v) is 8.06. The normalized spacial score (nSPS) is 14.8. The van der Waals surface area contributed by atoms with Crippen molar-refractivity contribution in [1.82, 2.24) is 20.2 Å². The summed E-state index contributed by atoms with van der Waals surface area (Å²) in [6, 6.07) is 6.51. The molecule has 0 radical (unpaired) electrons. The van der Waals surface area contributed by atoms with Crippen molar-refractivity contribution in [1.29, 1.82) is 0 Å². The van der Waals surface area contributed by atoms with Crippen LogP contribution < -0.4 is 10.6 Å². The molecule has 7 heteroatoms. The zero-order valence-electron chi connectivity index (χ0n) is 11.8. The lowest BCUT2D eigenvalue weighted by Crippen LogP contribution is -2.27. The van der Waals surface area contributed by atoms with Gasteiger partial charge in [0.15, 0.2) is 0 Å². The standard InChI is InChI=1S/C15H15BrN6/c16-12-8-17-15(21-14(12)19-10-2-1-3-10)20-11-4-5-13-9(6-11)7-18-22-13/h4-8,10H,1-3H2,(H,18,22)(H2,17,19,20,21). The van der Waals surface area contributed by atoms with Crippen molar-refractivity contribution in [3.8, 4) is 0 Å². The quantitative estimate of drug-likeness (QED) is 0.660. The topological polar surface area (TPSA) is 78.5 Å². The van der Waals surface area contributed by atoms with Crippen LogP contribution in [-0.4, -0.2) is 26.2 Å². The Balaban J connectivity index is 1.57. The third-order valence-electron chi connectivity index (χ3n) is 3.89. The van der Waals surface area contributed by atoms with Crippen molar-refractivity contribution in [2.24, 2.45) is 0 Å². The molecule has 0 spiro atoms. The molecule has 6 nitrogen and oxygen atoms in total. The lowest BCUT2D eigenvalue weighted by atomic mass is 9.93. The summed E-state index contributed by atoms with van der Waals surface area (Å²) >= 11 is 3.50. The SMILES string of the molecule is Brc1cnc(Nc2ccc3[nH]ncc3c2)nc1NC1CCC1. The van der Waals surface area contributed by atoms with Crippen molar-refractivity contribution in [3.63, 3.8) is 0 Å². The first-order valence-electron chi connectivity index (χ1n) is 7.27. The molecule has 1 aromatic carbocycles. The van der Waals surface area contributed by atoms with Crippen molar-refractivity contribution in [2.75, 3.05) is 10.6 Å². The van der Waals surface area contributed by atoms with Crippen LogP contribution in [0, 0.1) is 0 Å². The van der Waals surface area contributed by atoms with E-state index < -0.39 is 0 Å². The molecule has 112 valence electrons. The zero-order chi connectivity index (χ0) is 14.9. The number of aromatic amines is 1. The summed E-state index contributed by atoms with van der Waals surface area (Å²) in [6.45, 7) is 0. The second-order valence-electron chi connectivity index (χ2n) is 5.46. The van der Waals surface area contributed by atoms with Gasteiger partial charge in [-0.3, -0.25) is 5.10 Å². The second-order valence-corrected chi connectivity index (χ2v) is 6.31. The van der Waals surface area contributed by atoms with Crippen LogP contribution in [0.4, 0.5) is 17.5 Å². The highest BCUT2D eigenvalue weighted by molar-refractivity contribution is 9.10. The lowest BCUT2D eigenvalue weighted by Gasteiger charge is -2.27. The highest BCUT2D eigenvalue weighted by atomic mass is 79.9. The fourth-order valence-corrected chi connectivity index (χ4v) is 2.73. The van der Waals surface area contributed by atoms with Gasteiger partial charge in [0.25, 0.3) is 0 Å². The molecule has 2 aromatic heterocycles. The zero-order valence-corrected chi connectivity index (χ0v) is 13.4. The van der Waals surface area contributed by atoms with E-state index in [4.69, 9.17) is 0 Å². The minimum Gasteiger partial charge on any atom is -0.366 e. The van der Waals surface area contributed by atoms with Crippen LogP contribution >= 0.6 is 15.9 Å². The van der Waals surface area contributed by atoms with Crippen LogP contribution in [0.3, 0.4) is 0 Å². The first-order chi connectivity index (χ1) is 10.8. The van der Waals surface area contributed by atoms with Gasteiger partial charge in [0, 0.05) is 23.3 Å². The Kier molecular flexibility index (Phi) is 3.42. The molecule has 4 rings (SSSR count). The summed E-state index contributed by atoms with van der Waals surface area (Å²) in [5.74, 6) is 1.42. The average Bonchev–Trinajstić information content (AvgIpc) is 2.93. The van der Waals surface area contributed by atoms with E-state index in [0.717, 1.165) is 26.9 Å². The van der Waals surface area contributed by atoms with Crippen molar-refractivity contribution in [2.45, 2.75) is 25.3 Å². The van der Waals surface area contributed by atoms with E-state index in [1.807, 2.05) is 18.2 Å². The molecule has 0 aliphatic heterocycles. The van der Waals surface area contributed by atoms with Crippen molar-refractivity contribution in [3.05, 3.63) is 35.1 Å². The summed E-state index contributed by atoms with van der Waals surface area (Å²) in [4.78, 5) is 8.87. The molecule has 0 atom stereocenters. The number of nitrogens with zero attached hydrogens (tertiary/aromatic N) is 3. The van der Waals surface area contributed by atoms with E-state index >= 15 is 0 Å². The summed E-state index contributed by atoms with van der Waals surface area (Å²) in [6.07, 6.45) is 7.27. The maximum Gasteiger partial charge on any atom is 0.229 e. The molecule has 1 fully saturated rings. The molecule has 0 unspecified atom stereocenters. The molecular formula is C15H15BrN6. The smallest absolute Gasteiger partial charge is 0.229 e. The molecule has 3 N–H and O–H groups in total. The Labute approximate surface area is 135 Å². The third-order valence-corrected chi connectivity index (χ3v) is 4.47. The van der Waals surface area contributed by atoms with E-state index in [-0.39, 0.29) is 0 Å². The molecule has 1 aliphatic carbocycles. The largest absolute Gasteiger partial charge is 0.366 e. The molecule has 22 heavy (non-hydrogen) atoms. The molecule has 1 saturated carbocycles. The highest BCUT2D eigenvalue weighted by Crippen LogP contribution is 2.28. The Morgan fingerprint density at radius 2 is 2.14 bits per heavy atom. The van der Waals surface area contributed by atoms with Gasteiger partial charge in [-0.05, 0) is 53.4 Å². The monoisotopic (exact) mass is 358 g/mol. The van der Waals surface area contributed by atoms with E-state index in [2.05, 4.69) is 46.7 Å². The maximum absolute atomic E-state index is 4.55. The van der Waals surface area contributed by atoms with Gasteiger partial charge in [-0.2, -0.15) is 10.1 Å². The molecule has 3 aromatic rings. The van der Waals surface area contributed by atoms with Crippen LogP contribution in [0.5, 0.6) is 0 Å². The number of anilines is 3. The first kappa shape index (κ1) is 13.5. The summed E-state index contributed by atoms with van der Waals surface area (Å²) < 4.78 is 0.884. The number of nitrogens with one attached hydrogen (secondary N) is 3. The van der Waals surface area contributed by atoms with Crippen LogP contribution in [0.15, 0.2) is 35.1 Å². The third kappa shape index (κ3) is 2.64. The number of H-pyrrole nitrogens is 1. The van der Waals surface area contributed by atoms with E-state index in [0.29, 0.717) is 12.0 Å². The average molecular weight is 359 g/mol. The van der Waals surface area contributed by atoms with E-state index in [9.17, 15) is 0 Å². The minimum atomic E-state index is 0.529. The van der Waals surface area contributed by atoms with Gasteiger partial charge >= 0.3 is 0 Å². The van der Waals surface area contributed by atoms with Crippen LogP contribution in [0.2, 0.25) is 0 Å². The van der Waals surface area contributed by atoms with Gasteiger partial charge in [0.05, 0.1) is 16.2 Å². The number of aromatic nitrogens is 4. The second kappa shape index (κ2) is 5.57. The fraction of sp³-hybridized carbons (Fsp3) is 0.267. The van der Waals surface area contributed by atoms with Gasteiger partial charge in [-0.15, -0.1) is 0 Å². The maximum atomic E-state index is 4.55. The van der Waals surface area contributed by atoms with Crippen LogP contribution in [-0.2, 0) is 0 Å². The predicted molar refractivity (Wildman–Crippen MR) is 90.4 cm³/mol. The van der Waals surface area contributed by atoms with Crippen LogP contribution in [0.1, 0.15) is 19.3 Å². The summed E-state index contributed by atoms with van der Waals surface area (Å²) in [7, 11) is 0. The van der Waals surface area contributed by atoms with Crippen molar-refractivity contribution >= 4 is 44.3 Å². The van der Waals surface area contributed by atoms with Gasteiger partial charge in [0.1, 0.15) is 5.82 Å². The summed E-state index contributed by atoms with van der Waals surface area (Å²) in [5.41, 5.74) is 1.94. The Morgan fingerprint density at radius 3 is 2.95 bits per heavy atom. The highest BCUT2D eigenvalue weighted by Gasteiger charge is 2.19. The molecule has 1 aliphatic rings. The Bertz CT molecular complexity index is 811. The number of fused-ring (bicyclic) bond motifs is 1. The van der Waals surface area contributed by atoms with Gasteiger partial charge in [0.2, 0.25) is 5.95 Å². The fourth-order valence-electron chi connectivity index (χ4n) is 2.42. The number of hydrogen-bond donors (Lipinski definition) is 3. The lowest BCUT2D eigenvalue weighted by molar-refractivity contribution is 0.444. The Morgan fingerprint density at radius 1 is 1.23 bits per heavy atom. The van der Waals surface area contributed by atoms with E-state index in [1.165, 1.54) is 19.3 Å². The Hall–Kier alpha value is -2.15. The molecular weight excluding hydrogens is 344 g/mol. The predicted octanol–water partition coefficient (Wildman–Crippen LogP) is 3.82. The molecule has 0 saturated heterocycles. The van der Waals surface area contributed by atoms with E-state index in [1.54, 1.807) is 12.4 Å². The van der Waals surface area contributed by atoms with Gasteiger partial charge in [-0.25, -0.2) is 4.98 Å². The van der Waals surface area contributed by atoms with Crippen molar-refractivity contribution < 1.29 is 0 Å². The molecule has 0 amide bonds. The minimum absolute atomic E-state index is 0.529. The number of benzene rings is 1.